The predicted molar refractivity (Wildman–Crippen MR) is 141 cm³/mol. The average molecular weight is 424 g/mol. The van der Waals surface area contributed by atoms with E-state index in [0.29, 0.717) is 0 Å². The van der Waals surface area contributed by atoms with Gasteiger partial charge in [-0.25, -0.2) is 0 Å². The van der Waals surface area contributed by atoms with Crippen LogP contribution in [0.3, 0.4) is 0 Å². The van der Waals surface area contributed by atoms with Crippen LogP contribution in [0.25, 0.3) is 49.7 Å². The molecule has 0 fully saturated rings. The fourth-order valence-electron chi connectivity index (χ4n) is 5.11. The smallest absolute Gasteiger partial charge is 0.0619 e. The molecule has 33 heavy (non-hydrogen) atoms. The van der Waals surface area contributed by atoms with E-state index in [-0.39, 0.29) is 0 Å². The predicted octanol–water partition coefficient (Wildman–Crippen LogP) is 8.68. The highest BCUT2D eigenvalue weighted by Gasteiger charge is 2.20. The Kier molecular flexibility index (Phi) is 4.81. The number of rotatable bonds is 4. The lowest BCUT2D eigenvalue weighted by Gasteiger charge is -2.20. The summed E-state index contributed by atoms with van der Waals surface area (Å²) < 4.78 is 2.47. The second kappa shape index (κ2) is 8.11. The second-order valence-corrected chi connectivity index (χ2v) is 8.45. The van der Waals surface area contributed by atoms with Crippen molar-refractivity contribution in [3.63, 3.8) is 0 Å². The maximum absolute atomic E-state index is 2.47. The van der Waals surface area contributed by atoms with Crippen LogP contribution in [-0.4, -0.2) is 4.57 Å². The molecule has 0 unspecified atom stereocenters. The summed E-state index contributed by atoms with van der Waals surface area (Å²) in [6.07, 6.45) is 0.998. The largest absolute Gasteiger partial charge is 0.308 e. The van der Waals surface area contributed by atoms with Gasteiger partial charge in [0.15, 0.2) is 0 Å². The standard InChI is InChI=1S/C32H25N/c1-2-23-13-6-7-16-25(23)29-20-12-19-26(24-14-4-3-5-15-24)32(29)33-30-21-10-8-17-27(30)28-18-9-11-22-31(28)33/h3-22H,2H2,1H3. The Morgan fingerprint density at radius 2 is 1.03 bits per heavy atom. The van der Waals surface area contributed by atoms with Gasteiger partial charge in [0, 0.05) is 21.9 Å². The van der Waals surface area contributed by atoms with Gasteiger partial charge >= 0.3 is 0 Å². The molecule has 158 valence electrons. The van der Waals surface area contributed by atoms with Crippen LogP contribution in [0.15, 0.2) is 121 Å². The molecule has 1 nitrogen and oxygen atoms in total. The third-order valence-corrected chi connectivity index (χ3v) is 6.61. The van der Waals surface area contributed by atoms with E-state index in [1.165, 1.54) is 55.3 Å². The average Bonchev–Trinajstić information content (AvgIpc) is 3.23. The van der Waals surface area contributed by atoms with Gasteiger partial charge in [-0.15, -0.1) is 0 Å². The molecule has 0 saturated heterocycles. The molecule has 1 heterocycles. The van der Waals surface area contributed by atoms with Crippen molar-refractivity contribution in [3.8, 4) is 27.9 Å². The summed E-state index contributed by atoms with van der Waals surface area (Å²) >= 11 is 0. The van der Waals surface area contributed by atoms with Crippen LogP contribution >= 0.6 is 0 Å². The Balaban J connectivity index is 1.81. The zero-order valence-electron chi connectivity index (χ0n) is 18.7. The van der Waals surface area contributed by atoms with E-state index in [2.05, 4.69) is 133 Å². The summed E-state index contributed by atoms with van der Waals surface area (Å²) in [5.41, 5.74) is 10.1. The second-order valence-electron chi connectivity index (χ2n) is 8.45. The third-order valence-electron chi connectivity index (χ3n) is 6.61. The molecule has 1 aromatic heterocycles. The Bertz CT molecular complexity index is 1530. The van der Waals surface area contributed by atoms with Crippen molar-refractivity contribution in [1.82, 2.24) is 4.57 Å². The van der Waals surface area contributed by atoms with Gasteiger partial charge < -0.3 is 4.57 Å². The number of fused-ring (bicyclic) bond motifs is 3. The number of aryl methyl sites for hydroxylation is 1. The molecule has 5 aromatic carbocycles. The lowest BCUT2D eigenvalue weighted by atomic mass is 9.92. The quantitative estimate of drug-likeness (QED) is 0.267. The van der Waals surface area contributed by atoms with Gasteiger partial charge in [0.25, 0.3) is 0 Å². The van der Waals surface area contributed by atoms with Gasteiger partial charge in [-0.05, 0) is 35.2 Å². The molecule has 0 atom stereocenters. The monoisotopic (exact) mass is 423 g/mol. The van der Waals surface area contributed by atoms with E-state index in [0.717, 1.165) is 6.42 Å². The SMILES string of the molecule is CCc1ccccc1-c1cccc(-c2ccccc2)c1-n1c2ccccc2c2ccccc21. The highest BCUT2D eigenvalue weighted by Crippen LogP contribution is 2.41. The molecule has 0 amide bonds. The summed E-state index contributed by atoms with van der Waals surface area (Å²) in [5.74, 6) is 0. The maximum Gasteiger partial charge on any atom is 0.0619 e. The molecule has 0 saturated carbocycles. The topological polar surface area (TPSA) is 4.93 Å². The number of benzene rings is 5. The minimum absolute atomic E-state index is 0.998. The van der Waals surface area contributed by atoms with E-state index in [1.54, 1.807) is 0 Å². The van der Waals surface area contributed by atoms with Crippen molar-refractivity contribution < 1.29 is 0 Å². The van der Waals surface area contributed by atoms with Crippen LogP contribution in [-0.2, 0) is 6.42 Å². The summed E-state index contributed by atoms with van der Waals surface area (Å²) in [6, 6.07) is 43.8. The summed E-state index contributed by atoms with van der Waals surface area (Å²) in [6.45, 7) is 2.24. The molecule has 0 aliphatic rings. The van der Waals surface area contributed by atoms with Crippen LogP contribution in [0.2, 0.25) is 0 Å². The van der Waals surface area contributed by atoms with Crippen molar-refractivity contribution in [2.75, 3.05) is 0 Å². The Morgan fingerprint density at radius 3 is 1.73 bits per heavy atom. The molecule has 0 aliphatic carbocycles. The molecule has 1 heteroatoms. The zero-order chi connectivity index (χ0) is 22.2. The molecule has 0 bridgehead atoms. The van der Waals surface area contributed by atoms with Crippen molar-refractivity contribution in [2.45, 2.75) is 13.3 Å². The highest BCUT2D eigenvalue weighted by molar-refractivity contribution is 6.10. The maximum atomic E-state index is 2.47. The highest BCUT2D eigenvalue weighted by atomic mass is 15.0. The summed E-state index contributed by atoms with van der Waals surface area (Å²) in [4.78, 5) is 0. The summed E-state index contributed by atoms with van der Waals surface area (Å²) in [7, 11) is 0. The lowest BCUT2D eigenvalue weighted by Crippen LogP contribution is -2.01. The Hall–Kier alpha value is -4.10. The Labute approximate surface area is 194 Å². The van der Waals surface area contributed by atoms with Crippen LogP contribution in [0.1, 0.15) is 12.5 Å². The van der Waals surface area contributed by atoms with E-state index in [1.807, 2.05) is 0 Å². The fourth-order valence-corrected chi connectivity index (χ4v) is 5.11. The Morgan fingerprint density at radius 1 is 0.485 bits per heavy atom. The minimum atomic E-state index is 0.998. The van der Waals surface area contributed by atoms with Gasteiger partial charge in [-0.1, -0.05) is 116 Å². The van der Waals surface area contributed by atoms with Crippen LogP contribution in [0, 0.1) is 0 Å². The fraction of sp³-hybridized carbons (Fsp3) is 0.0625. The first-order chi connectivity index (χ1) is 16.4. The first kappa shape index (κ1) is 19.6. The number of aromatic nitrogens is 1. The van der Waals surface area contributed by atoms with Gasteiger partial charge in [0.1, 0.15) is 0 Å². The van der Waals surface area contributed by atoms with E-state index < -0.39 is 0 Å². The van der Waals surface area contributed by atoms with Crippen molar-refractivity contribution in [2.24, 2.45) is 0 Å². The molecule has 0 spiro atoms. The number of hydrogen-bond donors (Lipinski definition) is 0. The molecular weight excluding hydrogens is 398 g/mol. The van der Waals surface area contributed by atoms with Crippen LogP contribution in [0.5, 0.6) is 0 Å². The van der Waals surface area contributed by atoms with Crippen molar-refractivity contribution >= 4 is 21.8 Å². The number of nitrogens with zero attached hydrogens (tertiary/aromatic N) is 1. The zero-order valence-corrected chi connectivity index (χ0v) is 18.7. The van der Waals surface area contributed by atoms with Crippen molar-refractivity contribution in [1.29, 1.82) is 0 Å². The third kappa shape index (κ3) is 3.16. The number of hydrogen-bond acceptors (Lipinski definition) is 0. The van der Waals surface area contributed by atoms with E-state index in [9.17, 15) is 0 Å². The molecular formula is C32H25N. The van der Waals surface area contributed by atoms with Gasteiger partial charge in [-0.2, -0.15) is 0 Å². The van der Waals surface area contributed by atoms with Crippen LogP contribution in [0.4, 0.5) is 0 Å². The molecule has 0 radical (unpaired) electrons. The van der Waals surface area contributed by atoms with Gasteiger partial charge in [0.2, 0.25) is 0 Å². The van der Waals surface area contributed by atoms with E-state index in [4.69, 9.17) is 0 Å². The van der Waals surface area contributed by atoms with Crippen molar-refractivity contribution in [3.05, 3.63) is 127 Å². The minimum Gasteiger partial charge on any atom is -0.308 e. The molecule has 6 rings (SSSR count). The summed E-state index contributed by atoms with van der Waals surface area (Å²) in [5, 5.41) is 2.57. The molecule has 6 aromatic rings. The molecule has 0 N–H and O–H groups in total. The first-order valence-corrected chi connectivity index (χ1v) is 11.6. The van der Waals surface area contributed by atoms with Gasteiger partial charge in [-0.3, -0.25) is 0 Å². The van der Waals surface area contributed by atoms with Crippen LogP contribution < -0.4 is 0 Å². The molecule has 0 aliphatic heterocycles. The normalized spacial score (nSPS) is 11.3. The van der Waals surface area contributed by atoms with E-state index >= 15 is 0 Å². The lowest BCUT2D eigenvalue weighted by molar-refractivity contribution is 1.13. The number of para-hydroxylation sites is 3. The van der Waals surface area contributed by atoms with Gasteiger partial charge in [0.05, 0.1) is 16.7 Å². The first-order valence-electron chi connectivity index (χ1n) is 11.6.